The fourth-order valence-corrected chi connectivity index (χ4v) is 2.42. The van der Waals surface area contributed by atoms with E-state index in [4.69, 9.17) is 0 Å². The van der Waals surface area contributed by atoms with Crippen LogP contribution in [0.25, 0.3) is 11.4 Å². The zero-order valence-corrected chi connectivity index (χ0v) is 14.2. The van der Waals surface area contributed by atoms with Crippen LogP contribution in [-0.2, 0) is 0 Å². The summed E-state index contributed by atoms with van der Waals surface area (Å²) < 4.78 is 28.5. The summed E-state index contributed by atoms with van der Waals surface area (Å²) in [7, 11) is 0. The van der Waals surface area contributed by atoms with E-state index < -0.39 is 12.5 Å². The van der Waals surface area contributed by atoms with Crippen LogP contribution in [0.5, 0.6) is 5.75 Å². The lowest BCUT2D eigenvalue weighted by Gasteiger charge is -2.08. The summed E-state index contributed by atoms with van der Waals surface area (Å²) in [5, 5.41) is 2.70. The minimum atomic E-state index is -2.92. The fourth-order valence-electron chi connectivity index (χ4n) is 2.42. The lowest BCUT2D eigenvalue weighted by Crippen LogP contribution is -2.12. The van der Waals surface area contributed by atoms with Crippen molar-refractivity contribution in [3.63, 3.8) is 0 Å². The van der Waals surface area contributed by atoms with E-state index in [9.17, 15) is 18.4 Å². The van der Waals surface area contributed by atoms with Gasteiger partial charge >= 0.3 is 6.61 Å². The van der Waals surface area contributed by atoms with Crippen LogP contribution in [0.1, 0.15) is 16.1 Å². The smallest absolute Gasteiger partial charge is 0.387 e. The molecule has 0 spiro atoms. The number of alkyl halides is 2. The molecule has 0 fully saturated rings. The Kier molecular flexibility index (Phi) is 5.25. The molecule has 8 heteroatoms. The monoisotopic (exact) mass is 371 g/mol. The first-order valence-electron chi connectivity index (χ1n) is 7.95. The van der Waals surface area contributed by atoms with Crippen molar-refractivity contribution in [3.05, 3.63) is 76.2 Å². The Hall–Kier alpha value is -3.55. The molecule has 0 unspecified atom stereocenters. The second-order valence-electron chi connectivity index (χ2n) is 5.67. The van der Waals surface area contributed by atoms with E-state index in [2.05, 4.69) is 20.0 Å². The Labute approximate surface area is 152 Å². The van der Waals surface area contributed by atoms with Crippen molar-refractivity contribution in [3.8, 4) is 17.1 Å². The van der Waals surface area contributed by atoms with Crippen molar-refractivity contribution >= 4 is 11.6 Å². The minimum absolute atomic E-state index is 0.0226. The van der Waals surface area contributed by atoms with Crippen LogP contribution in [0.2, 0.25) is 0 Å². The van der Waals surface area contributed by atoms with Crippen LogP contribution in [-0.4, -0.2) is 22.5 Å². The molecular weight excluding hydrogens is 356 g/mol. The summed E-state index contributed by atoms with van der Waals surface area (Å²) in [6.45, 7) is -1.19. The minimum Gasteiger partial charge on any atom is -0.435 e. The quantitative estimate of drug-likeness (QED) is 0.718. The number of hydrogen-bond donors (Lipinski definition) is 2. The summed E-state index contributed by atoms with van der Waals surface area (Å²) in [6, 6.07) is 13.5. The Balaban J connectivity index is 1.70. The number of aryl methyl sites for hydroxylation is 1. The molecule has 2 aromatic carbocycles. The van der Waals surface area contributed by atoms with Crippen LogP contribution < -0.4 is 15.6 Å². The number of ether oxygens (including phenoxy) is 1. The maximum atomic E-state index is 12.2. The standard InChI is InChI=1S/C19H15F2N3O3/c1-11-10-16(25)24-17(22-11)12-2-6-14(7-3-12)23-18(26)13-4-8-15(9-5-13)27-19(20)21/h2-10,19H,1H3,(H,23,26)(H,22,24,25). The Morgan fingerprint density at radius 1 is 1.11 bits per heavy atom. The first-order chi connectivity index (χ1) is 12.9. The van der Waals surface area contributed by atoms with Gasteiger partial charge in [-0.3, -0.25) is 9.59 Å². The number of nitrogens with zero attached hydrogens (tertiary/aromatic N) is 1. The number of aromatic nitrogens is 2. The highest BCUT2D eigenvalue weighted by molar-refractivity contribution is 6.04. The summed E-state index contributed by atoms with van der Waals surface area (Å²) in [5.74, 6) is 0.0199. The molecule has 6 nitrogen and oxygen atoms in total. The molecule has 0 aliphatic carbocycles. The average Bonchev–Trinajstić information content (AvgIpc) is 2.61. The maximum absolute atomic E-state index is 12.2. The van der Waals surface area contributed by atoms with Gasteiger partial charge in [-0.05, 0) is 55.5 Å². The lowest BCUT2D eigenvalue weighted by molar-refractivity contribution is -0.0498. The maximum Gasteiger partial charge on any atom is 0.387 e. The number of aromatic amines is 1. The van der Waals surface area contributed by atoms with Gasteiger partial charge in [-0.2, -0.15) is 8.78 Å². The topological polar surface area (TPSA) is 84.1 Å². The molecule has 1 heterocycles. The van der Waals surface area contributed by atoms with Gasteiger partial charge in [-0.15, -0.1) is 0 Å². The molecule has 0 aliphatic rings. The summed E-state index contributed by atoms with van der Waals surface area (Å²) in [4.78, 5) is 30.7. The number of rotatable bonds is 5. The van der Waals surface area contributed by atoms with Crippen LogP contribution >= 0.6 is 0 Å². The van der Waals surface area contributed by atoms with Gasteiger partial charge in [-0.25, -0.2) is 4.98 Å². The molecule has 0 saturated carbocycles. The van der Waals surface area contributed by atoms with Crippen molar-refractivity contribution in [1.29, 1.82) is 0 Å². The van der Waals surface area contributed by atoms with Crippen molar-refractivity contribution < 1.29 is 18.3 Å². The Morgan fingerprint density at radius 2 is 1.78 bits per heavy atom. The van der Waals surface area contributed by atoms with Crippen molar-refractivity contribution in [2.75, 3.05) is 5.32 Å². The highest BCUT2D eigenvalue weighted by Gasteiger charge is 2.09. The summed E-state index contributed by atoms with van der Waals surface area (Å²) in [6.07, 6.45) is 0. The van der Waals surface area contributed by atoms with Gasteiger partial charge in [0.15, 0.2) is 0 Å². The molecule has 1 aromatic heterocycles. The summed E-state index contributed by atoms with van der Waals surface area (Å²) in [5.41, 5.74) is 1.89. The SMILES string of the molecule is Cc1cc(=O)[nH]c(-c2ccc(NC(=O)c3ccc(OC(F)F)cc3)cc2)n1. The predicted molar refractivity (Wildman–Crippen MR) is 96.1 cm³/mol. The molecule has 0 aliphatic heterocycles. The van der Waals surface area contributed by atoms with Gasteiger partial charge in [0.05, 0.1) is 0 Å². The van der Waals surface area contributed by atoms with Gasteiger partial charge in [0.2, 0.25) is 0 Å². The molecule has 3 aromatic rings. The van der Waals surface area contributed by atoms with E-state index in [1.807, 2.05) is 0 Å². The first-order valence-corrected chi connectivity index (χ1v) is 7.95. The number of anilines is 1. The van der Waals surface area contributed by atoms with Gasteiger partial charge in [0.1, 0.15) is 11.6 Å². The number of carbonyl (C=O) groups excluding carboxylic acids is 1. The van der Waals surface area contributed by atoms with E-state index in [-0.39, 0.29) is 11.3 Å². The molecule has 27 heavy (non-hydrogen) atoms. The zero-order chi connectivity index (χ0) is 19.4. The number of halogens is 2. The second kappa shape index (κ2) is 7.77. The van der Waals surface area contributed by atoms with Crippen LogP contribution in [0.4, 0.5) is 14.5 Å². The molecule has 0 atom stereocenters. The largest absolute Gasteiger partial charge is 0.435 e. The zero-order valence-electron chi connectivity index (χ0n) is 14.2. The third-order valence-corrected chi connectivity index (χ3v) is 3.63. The van der Waals surface area contributed by atoms with E-state index in [1.54, 1.807) is 31.2 Å². The Morgan fingerprint density at radius 3 is 2.37 bits per heavy atom. The third-order valence-electron chi connectivity index (χ3n) is 3.63. The molecule has 138 valence electrons. The molecule has 0 saturated heterocycles. The van der Waals surface area contributed by atoms with E-state index in [0.717, 1.165) is 0 Å². The normalized spacial score (nSPS) is 10.7. The van der Waals surface area contributed by atoms with Crippen LogP contribution in [0.15, 0.2) is 59.4 Å². The van der Waals surface area contributed by atoms with E-state index in [0.29, 0.717) is 28.3 Å². The summed E-state index contributed by atoms with van der Waals surface area (Å²) >= 11 is 0. The van der Waals surface area contributed by atoms with E-state index >= 15 is 0 Å². The molecule has 0 radical (unpaired) electrons. The lowest BCUT2D eigenvalue weighted by atomic mass is 10.1. The van der Waals surface area contributed by atoms with E-state index in [1.165, 1.54) is 30.3 Å². The number of carbonyl (C=O) groups is 1. The van der Waals surface area contributed by atoms with Crippen molar-refractivity contribution in [2.45, 2.75) is 13.5 Å². The van der Waals surface area contributed by atoms with Crippen LogP contribution in [0.3, 0.4) is 0 Å². The molecule has 2 N–H and O–H groups in total. The first kappa shape index (κ1) is 18.2. The van der Waals surface area contributed by atoms with Crippen molar-refractivity contribution in [1.82, 2.24) is 9.97 Å². The van der Waals surface area contributed by atoms with Gasteiger partial charge in [0.25, 0.3) is 11.5 Å². The average molecular weight is 371 g/mol. The molecule has 3 rings (SSSR count). The molecular formula is C19H15F2N3O3. The highest BCUT2D eigenvalue weighted by Crippen LogP contribution is 2.19. The predicted octanol–water partition coefficient (Wildman–Crippen LogP) is 3.60. The van der Waals surface area contributed by atoms with Gasteiger partial charge in [-0.1, -0.05) is 0 Å². The fraction of sp³-hybridized carbons (Fsp3) is 0.105. The number of amides is 1. The number of hydrogen-bond acceptors (Lipinski definition) is 4. The number of H-pyrrole nitrogens is 1. The second-order valence-corrected chi connectivity index (χ2v) is 5.67. The number of nitrogens with one attached hydrogen (secondary N) is 2. The van der Waals surface area contributed by atoms with Gasteiger partial charge < -0.3 is 15.0 Å². The van der Waals surface area contributed by atoms with Crippen LogP contribution in [0, 0.1) is 6.92 Å². The van der Waals surface area contributed by atoms with Gasteiger partial charge in [0, 0.05) is 28.6 Å². The highest BCUT2D eigenvalue weighted by atomic mass is 19.3. The molecule has 1 amide bonds. The molecule has 0 bridgehead atoms. The Bertz CT molecular complexity index is 1000. The third kappa shape index (κ3) is 4.75. The number of benzene rings is 2. The van der Waals surface area contributed by atoms with Crippen molar-refractivity contribution in [2.24, 2.45) is 0 Å².